The molecule has 1 aromatic rings. The summed E-state index contributed by atoms with van der Waals surface area (Å²) in [6, 6.07) is 0.0613. The number of nitrogens with zero attached hydrogens (tertiary/aromatic N) is 4. The highest BCUT2D eigenvalue weighted by molar-refractivity contribution is 4.69. The zero-order valence-electron chi connectivity index (χ0n) is 5.57. The number of hydrogen-bond acceptors (Lipinski definition) is 3. The zero-order valence-corrected chi connectivity index (χ0v) is 5.57. The third-order valence-electron chi connectivity index (χ3n) is 0.922. The predicted octanol–water partition coefficient (Wildman–Crippen LogP) is 0.377. The molecule has 0 fully saturated rings. The van der Waals surface area contributed by atoms with E-state index in [0.717, 1.165) is 0 Å². The first kappa shape index (κ1) is 6.19. The van der Waals surface area contributed by atoms with Gasteiger partial charge in [-0.2, -0.15) is 4.80 Å². The summed E-state index contributed by atoms with van der Waals surface area (Å²) in [7, 11) is 0. The van der Waals surface area contributed by atoms with E-state index in [4.69, 9.17) is 0 Å². The molecule has 0 aliphatic rings. The standard InChI is InChI=1S/C5H9N4/c1-4(2)9-7-5(3)6-8-9/h4H,1H2,2-3H3. The van der Waals surface area contributed by atoms with Gasteiger partial charge in [0.1, 0.15) is 0 Å². The number of tetrazole rings is 1. The Balaban J connectivity index is 2.85. The minimum Gasteiger partial charge on any atom is -0.161 e. The van der Waals surface area contributed by atoms with Crippen molar-refractivity contribution in [2.45, 2.75) is 19.9 Å². The van der Waals surface area contributed by atoms with Crippen molar-refractivity contribution in [3.8, 4) is 0 Å². The number of aryl methyl sites for hydroxylation is 1. The minimum atomic E-state index is 0.0613. The molecule has 0 amide bonds. The molecule has 0 aliphatic heterocycles. The number of aromatic nitrogens is 4. The lowest BCUT2D eigenvalue weighted by atomic mass is 10.4. The highest BCUT2D eigenvalue weighted by Crippen LogP contribution is 1.95. The van der Waals surface area contributed by atoms with E-state index < -0.39 is 0 Å². The fraction of sp³-hybridized carbons (Fsp3) is 0.600. The first-order chi connectivity index (χ1) is 4.20. The maximum absolute atomic E-state index is 3.94. The Labute approximate surface area is 53.9 Å². The maximum atomic E-state index is 3.94. The third kappa shape index (κ3) is 1.25. The monoisotopic (exact) mass is 125 g/mol. The van der Waals surface area contributed by atoms with Crippen LogP contribution in [0.15, 0.2) is 0 Å². The van der Waals surface area contributed by atoms with Crippen LogP contribution in [-0.4, -0.2) is 20.2 Å². The quantitative estimate of drug-likeness (QED) is 0.545. The molecule has 49 valence electrons. The Morgan fingerprint density at radius 3 is 2.56 bits per heavy atom. The minimum absolute atomic E-state index is 0.0613. The lowest BCUT2D eigenvalue weighted by Crippen LogP contribution is -2.04. The Hall–Kier alpha value is -0.930. The summed E-state index contributed by atoms with van der Waals surface area (Å²) < 4.78 is 0. The summed E-state index contributed by atoms with van der Waals surface area (Å²) in [5, 5.41) is 11.4. The molecule has 9 heavy (non-hydrogen) atoms. The van der Waals surface area contributed by atoms with Gasteiger partial charge in [0.2, 0.25) is 0 Å². The van der Waals surface area contributed by atoms with E-state index in [2.05, 4.69) is 22.3 Å². The number of hydrogen-bond donors (Lipinski definition) is 0. The molecular weight excluding hydrogens is 116 g/mol. The molecule has 0 aromatic carbocycles. The summed E-state index contributed by atoms with van der Waals surface area (Å²) in [4.78, 5) is 1.48. The van der Waals surface area contributed by atoms with E-state index >= 15 is 0 Å². The first-order valence-corrected chi connectivity index (χ1v) is 2.79. The van der Waals surface area contributed by atoms with Gasteiger partial charge in [0.05, 0.1) is 6.04 Å². The van der Waals surface area contributed by atoms with Crippen molar-refractivity contribution in [2.75, 3.05) is 0 Å². The van der Waals surface area contributed by atoms with Crippen LogP contribution in [0.5, 0.6) is 0 Å². The highest BCUT2D eigenvalue weighted by atomic mass is 15.6. The van der Waals surface area contributed by atoms with Gasteiger partial charge in [0, 0.05) is 0 Å². The fourth-order valence-corrected chi connectivity index (χ4v) is 0.486. The van der Waals surface area contributed by atoms with Crippen LogP contribution < -0.4 is 0 Å². The zero-order chi connectivity index (χ0) is 6.85. The number of rotatable bonds is 1. The molecule has 1 atom stereocenters. The second kappa shape index (κ2) is 2.13. The smallest absolute Gasteiger partial charge is 0.161 e. The molecule has 0 bridgehead atoms. The van der Waals surface area contributed by atoms with Gasteiger partial charge in [0.25, 0.3) is 0 Å². The molecule has 4 nitrogen and oxygen atoms in total. The van der Waals surface area contributed by atoms with Crippen LogP contribution in [0.2, 0.25) is 0 Å². The molecule has 0 spiro atoms. The molecule has 1 unspecified atom stereocenters. The molecule has 0 N–H and O–H groups in total. The Morgan fingerprint density at radius 2 is 2.33 bits per heavy atom. The second-order valence-corrected chi connectivity index (χ2v) is 2.01. The average Bonchev–Trinajstić information content (AvgIpc) is 2.14. The molecule has 0 aliphatic carbocycles. The molecule has 1 radical (unpaired) electrons. The van der Waals surface area contributed by atoms with Gasteiger partial charge in [0.15, 0.2) is 5.82 Å². The average molecular weight is 125 g/mol. The van der Waals surface area contributed by atoms with E-state index in [1.807, 2.05) is 6.92 Å². The molecule has 1 aromatic heterocycles. The van der Waals surface area contributed by atoms with Crippen LogP contribution in [0.4, 0.5) is 0 Å². The van der Waals surface area contributed by atoms with Crippen molar-refractivity contribution in [3.05, 3.63) is 12.7 Å². The highest BCUT2D eigenvalue weighted by Gasteiger charge is 1.99. The van der Waals surface area contributed by atoms with Gasteiger partial charge in [-0.1, -0.05) is 0 Å². The molecular formula is C5H9N4. The Morgan fingerprint density at radius 1 is 1.67 bits per heavy atom. The SMILES string of the molecule is [CH2]C(C)n1nnc(C)n1. The summed E-state index contributed by atoms with van der Waals surface area (Å²) in [6.45, 7) is 7.42. The normalized spacial score (nSPS) is 10.7. The van der Waals surface area contributed by atoms with Crippen molar-refractivity contribution in [1.29, 1.82) is 0 Å². The summed E-state index contributed by atoms with van der Waals surface area (Å²) in [5.41, 5.74) is 0. The molecule has 1 heterocycles. The lowest BCUT2D eigenvalue weighted by molar-refractivity contribution is 0.488. The van der Waals surface area contributed by atoms with Crippen LogP contribution >= 0.6 is 0 Å². The Kier molecular flexibility index (Phi) is 1.46. The first-order valence-electron chi connectivity index (χ1n) is 2.79. The largest absolute Gasteiger partial charge is 0.171 e. The van der Waals surface area contributed by atoms with E-state index in [1.54, 1.807) is 6.92 Å². The van der Waals surface area contributed by atoms with Gasteiger partial charge >= 0.3 is 0 Å². The molecule has 0 saturated carbocycles. The van der Waals surface area contributed by atoms with Gasteiger partial charge in [-0.15, -0.1) is 10.2 Å². The van der Waals surface area contributed by atoms with Gasteiger partial charge in [-0.05, 0) is 26.0 Å². The maximum Gasteiger partial charge on any atom is 0.171 e. The van der Waals surface area contributed by atoms with Crippen LogP contribution in [0.3, 0.4) is 0 Å². The van der Waals surface area contributed by atoms with Crippen molar-refractivity contribution in [2.24, 2.45) is 0 Å². The second-order valence-electron chi connectivity index (χ2n) is 2.01. The topological polar surface area (TPSA) is 43.6 Å². The van der Waals surface area contributed by atoms with Gasteiger partial charge in [-0.3, -0.25) is 0 Å². The summed E-state index contributed by atoms with van der Waals surface area (Å²) in [5.74, 6) is 0.686. The van der Waals surface area contributed by atoms with Crippen LogP contribution in [0.25, 0.3) is 0 Å². The Bertz CT molecular complexity index is 191. The van der Waals surface area contributed by atoms with Crippen LogP contribution in [-0.2, 0) is 0 Å². The summed E-state index contributed by atoms with van der Waals surface area (Å²) in [6.07, 6.45) is 0. The van der Waals surface area contributed by atoms with E-state index in [0.29, 0.717) is 5.82 Å². The van der Waals surface area contributed by atoms with E-state index in [-0.39, 0.29) is 6.04 Å². The predicted molar refractivity (Wildman–Crippen MR) is 32.6 cm³/mol. The van der Waals surface area contributed by atoms with Crippen LogP contribution in [0, 0.1) is 13.8 Å². The fourth-order valence-electron chi connectivity index (χ4n) is 0.486. The van der Waals surface area contributed by atoms with Gasteiger partial charge in [-0.25, -0.2) is 0 Å². The summed E-state index contributed by atoms with van der Waals surface area (Å²) >= 11 is 0. The van der Waals surface area contributed by atoms with Crippen LogP contribution in [0.1, 0.15) is 18.8 Å². The van der Waals surface area contributed by atoms with E-state index in [9.17, 15) is 0 Å². The van der Waals surface area contributed by atoms with Crippen molar-refractivity contribution in [1.82, 2.24) is 20.2 Å². The van der Waals surface area contributed by atoms with Gasteiger partial charge < -0.3 is 0 Å². The lowest BCUT2D eigenvalue weighted by Gasteiger charge is -1.97. The molecule has 4 heteroatoms. The third-order valence-corrected chi connectivity index (χ3v) is 0.922. The van der Waals surface area contributed by atoms with Crippen molar-refractivity contribution < 1.29 is 0 Å². The van der Waals surface area contributed by atoms with Crippen molar-refractivity contribution >= 4 is 0 Å². The molecule has 1 rings (SSSR count). The van der Waals surface area contributed by atoms with Crippen molar-refractivity contribution in [3.63, 3.8) is 0 Å². The molecule has 0 saturated heterocycles. The van der Waals surface area contributed by atoms with E-state index in [1.165, 1.54) is 4.80 Å².